The number of hydrogen-bond acceptors (Lipinski definition) is 5. The smallest absolute Gasteiger partial charge is 0.201 e. The molecule has 1 aliphatic rings. The predicted octanol–water partition coefficient (Wildman–Crippen LogP) is 4.17. The number of rotatable bonds is 2. The molecule has 0 aliphatic carbocycles. The normalized spacial score (nSPS) is 13.1. The second kappa shape index (κ2) is 6.09. The predicted molar refractivity (Wildman–Crippen MR) is 99.7 cm³/mol. The Kier molecular flexibility index (Phi) is 3.87. The average Bonchev–Trinajstić information content (AvgIpc) is 2.61. The molecular weight excluding hydrogens is 332 g/mol. The van der Waals surface area contributed by atoms with E-state index in [9.17, 15) is 4.79 Å². The number of benzene rings is 2. The first kappa shape index (κ1) is 16.5. The van der Waals surface area contributed by atoms with Crippen molar-refractivity contribution in [1.29, 1.82) is 0 Å². The van der Waals surface area contributed by atoms with E-state index in [1.807, 2.05) is 32.0 Å². The molecule has 0 radical (unpaired) electrons. The van der Waals surface area contributed by atoms with Crippen LogP contribution in [-0.4, -0.2) is 20.3 Å². The molecule has 0 bridgehead atoms. The second-order valence-electron chi connectivity index (χ2n) is 6.49. The zero-order valence-corrected chi connectivity index (χ0v) is 15.3. The second-order valence-corrected chi connectivity index (χ2v) is 6.49. The van der Waals surface area contributed by atoms with Gasteiger partial charge in [-0.15, -0.1) is 0 Å². The van der Waals surface area contributed by atoms with Gasteiger partial charge < -0.3 is 18.6 Å². The highest BCUT2D eigenvalue weighted by Crippen LogP contribution is 2.38. The Morgan fingerprint density at radius 1 is 0.923 bits per heavy atom. The summed E-state index contributed by atoms with van der Waals surface area (Å²) in [6.45, 7) is 6.68. The molecule has 5 nitrogen and oxygen atoms in total. The van der Waals surface area contributed by atoms with Crippen molar-refractivity contribution in [1.82, 2.24) is 0 Å². The van der Waals surface area contributed by atoms with Gasteiger partial charge in [0.15, 0.2) is 11.5 Å². The van der Waals surface area contributed by atoms with Crippen molar-refractivity contribution in [3.8, 4) is 28.4 Å². The zero-order chi connectivity index (χ0) is 18.4. The first-order chi connectivity index (χ1) is 12.5. The minimum absolute atomic E-state index is 0.0521. The van der Waals surface area contributed by atoms with Gasteiger partial charge in [0.05, 0.1) is 18.1 Å². The molecule has 0 saturated heterocycles. The van der Waals surface area contributed by atoms with Crippen LogP contribution in [0.25, 0.3) is 22.1 Å². The van der Waals surface area contributed by atoms with Gasteiger partial charge in [0, 0.05) is 6.07 Å². The Balaban J connectivity index is 2.01. The van der Waals surface area contributed by atoms with Gasteiger partial charge in [-0.2, -0.15) is 0 Å². The maximum atomic E-state index is 13.3. The summed E-state index contributed by atoms with van der Waals surface area (Å²) in [4.78, 5) is 13.3. The molecule has 0 fully saturated rings. The minimum atomic E-state index is -0.0521. The Morgan fingerprint density at radius 2 is 1.62 bits per heavy atom. The molecule has 3 aromatic rings. The third-order valence-corrected chi connectivity index (χ3v) is 4.74. The van der Waals surface area contributed by atoms with Crippen LogP contribution >= 0.6 is 0 Å². The molecule has 0 N–H and O–H groups in total. The highest BCUT2D eigenvalue weighted by molar-refractivity contribution is 5.87. The van der Waals surface area contributed by atoms with E-state index in [1.54, 1.807) is 20.1 Å². The molecule has 26 heavy (non-hydrogen) atoms. The van der Waals surface area contributed by atoms with Crippen molar-refractivity contribution >= 4 is 11.0 Å². The van der Waals surface area contributed by atoms with E-state index in [-0.39, 0.29) is 5.43 Å². The van der Waals surface area contributed by atoms with E-state index in [4.69, 9.17) is 18.6 Å². The summed E-state index contributed by atoms with van der Waals surface area (Å²) >= 11 is 0. The molecule has 1 aromatic heterocycles. The van der Waals surface area contributed by atoms with Crippen LogP contribution in [0.5, 0.6) is 17.2 Å². The van der Waals surface area contributed by atoms with Gasteiger partial charge in [-0.3, -0.25) is 4.79 Å². The molecule has 4 rings (SSSR count). The van der Waals surface area contributed by atoms with E-state index in [1.165, 1.54) is 0 Å². The van der Waals surface area contributed by atoms with Gasteiger partial charge in [0.1, 0.15) is 30.3 Å². The molecular formula is C21H20O5. The fourth-order valence-corrected chi connectivity index (χ4v) is 3.48. The number of aryl methyl sites for hydroxylation is 3. The van der Waals surface area contributed by atoms with Crippen LogP contribution in [0, 0.1) is 20.8 Å². The molecule has 0 spiro atoms. The molecule has 0 saturated carbocycles. The molecule has 2 heterocycles. The maximum absolute atomic E-state index is 13.3. The standard InChI is InChI=1S/C21H20O5/c1-11-8-16-17(25-6-5-24-16)10-15(11)20-13(3)26-18-9-14(23-4)7-12(2)19(18)21(20)22/h7-10H,5-6H2,1-4H3. The summed E-state index contributed by atoms with van der Waals surface area (Å²) in [6, 6.07) is 7.37. The van der Waals surface area contributed by atoms with Crippen molar-refractivity contribution in [2.24, 2.45) is 0 Å². The first-order valence-electron chi connectivity index (χ1n) is 8.52. The Morgan fingerprint density at radius 3 is 2.31 bits per heavy atom. The lowest BCUT2D eigenvalue weighted by Crippen LogP contribution is -2.16. The molecule has 5 heteroatoms. The molecule has 0 atom stereocenters. The lowest BCUT2D eigenvalue weighted by atomic mass is 9.96. The number of ether oxygens (including phenoxy) is 3. The quantitative estimate of drug-likeness (QED) is 0.693. The highest BCUT2D eigenvalue weighted by Gasteiger charge is 2.21. The molecule has 134 valence electrons. The lowest BCUT2D eigenvalue weighted by molar-refractivity contribution is 0.171. The summed E-state index contributed by atoms with van der Waals surface area (Å²) in [5, 5.41) is 0.570. The number of hydrogen-bond donors (Lipinski definition) is 0. The average molecular weight is 352 g/mol. The highest BCUT2D eigenvalue weighted by atomic mass is 16.6. The minimum Gasteiger partial charge on any atom is -0.497 e. The lowest BCUT2D eigenvalue weighted by Gasteiger charge is -2.20. The van der Waals surface area contributed by atoms with E-state index in [0.717, 1.165) is 16.7 Å². The molecule has 2 aromatic carbocycles. The van der Waals surface area contributed by atoms with Gasteiger partial charge in [0.25, 0.3) is 0 Å². The van der Waals surface area contributed by atoms with Gasteiger partial charge in [0.2, 0.25) is 5.43 Å². The fourth-order valence-electron chi connectivity index (χ4n) is 3.48. The van der Waals surface area contributed by atoms with Crippen molar-refractivity contribution < 1.29 is 18.6 Å². The topological polar surface area (TPSA) is 57.9 Å². The van der Waals surface area contributed by atoms with Gasteiger partial charge >= 0.3 is 0 Å². The third kappa shape index (κ3) is 2.51. The van der Waals surface area contributed by atoms with Crippen LogP contribution < -0.4 is 19.6 Å². The van der Waals surface area contributed by atoms with E-state index < -0.39 is 0 Å². The number of methoxy groups -OCH3 is 1. The summed E-state index contributed by atoms with van der Waals surface area (Å²) in [6.07, 6.45) is 0. The summed E-state index contributed by atoms with van der Waals surface area (Å²) < 4.78 is 22.6. The number of fused-ring (bicyclic) bond motifs is 2. The molecule has 0 amide bonds. The summed E-state index contributed by atoms with van der Waals surface area (Å²) in [5.74, 6) is 2.60. The Bertz CT molecular complexity index is 1080. The van der Waals surface area contributed by atoms with Crippen LogP contribution in [0.1, 0.15) is 16.9 Å². The van der Waals surface area contributed by atoms with E-state index >= 15 is 0 Å². The molecule has 1 aliphatic heterocycles. The van der Waals surface area contributed by atoms with Crippen molar-refractivity contribution in [2.75, 3.05) is 20.3 Å². The maximum Gasteiger partial charge on any atom is 0.201 e. The van der Waals surface area contributed by atoms with Gasteiger partial charge in [-0.25, -0.2) is 0 Å². The summed E-state index contributed by atoms with van der Waals surface area (Å²) in [5.41, 5.74) is 3.60. The van der Waals surface area contributed by atoms with Crippen LogP contribution in [0.4, 0.5) is 0 Å². The zero-order valence-electron chi connectivity index (χ0n) is 15.3. The van der Waals surface area contributed by atoms with Crippen LogP contribution in [0.2, 0.25) is 0 Å². The van der Waals surface area contributed by atoms with Gasteiger partial charge in [-0.05, 0) is 55.7 Å². The van der Waals surface area contributed by atoms with Crippen LogP contribution in [0.3, 0.4) is 0 Å². The fraction of sp³-hybridized carbons (Fsp3) is 0.286. The largest absolute Gasteiger partial charge is 0.497 e. The monoisotopic (exact) mass is 352 g/mol. The van der Waals surface area contributed by atoms with E-state index in [2.05, 4.69) is 0 Å². The van der Waals surface area contributed by atoms with Crippen LogP contribution in [-0.2, 0) is 0 Å². The van der Waals surface area contributed by atoms with Crippen molar-refractivity contribution in [3.05, 3.63) is 51.4 Å². The SMILES string of the molecule is COc1cc(C)c2c(=O)c(-c3cc4c(cc3C)OCCO4)c(C)oc2c1. The van der Waals surface area contributed by atoms with Crippen LogP contribution in [0.15, 0.2) is 33.5 Å². The Hall–Kier alpha value is -2.95. The van der Waals surface area contributed by atoms with Crippen molar-refractivity contribution in [2.45, 2.75) is 20.8 Å². The van der Waals surface area contributed by atoms with Gasteiger partial charge in [-0.1, -0.05) is 0 Å². The van der Waals surface area contributed by atoms with Crippen molar-refractivity contribution in [3.63, 3.8) is 0 Å². The first-order valence-corrected chi connectivity index (χ1v) is 8.52. The van der Waals surface area contributed by atoms with E-state index in [0.29, 0.717) is 52.8 Å². The Labute approximate surface area is 151 Å². The summed E-state index contributed by atoms with van der Waals surface area (Å²) in [7, 11) is 1.60. The third-order valence-electron chi connectivity index (χ3n) is 4.74. The molecule has 0 unspecified atom stereocenters.